The van der Waals surface area contributed by atoms with Crippen molar-refractivity contribution in [3.8, 4) is 0 Å². The number of hydrogen-bond donors (Lipinski definition) is 0. The molecule has 18 heavy (non-hydrogen) atoms. The first kappa shape index (κ1) is 23.4. The van der Waals surface area contributed by atoms with Gasteiger partial charge in [0, 0.05) is 0 Å². The summed E-state index contributed by atoms with van der Waals surface area (Å²) in [5, 5.41) is 0. The van der Waals surface area contributed by atoms with Crippen LogP contribution in [0, 0.1) is 0 Å². The molecule has 0 amide bonds. The zero-order chi connectivity index (χ0) is 13.0. The Hall–Kier alpha value is 0.311. The van der Waals surface area contributed by atoms with Crippen LogP contribution in [0.15, 0.2) is 12.3 Å². The van der Waals surface area contributed by atoms with E-state index in [2.05, 4.69) is 52.8 Å². The third-order valence-corrected chi connectivity index (χ3v) is 13.3. The van der Waals surface area contributed by atoms with E-state index in [1.54, 1.807) is 0 Å². The van der Waals surface area contributed by atoms with Crippen molar-refractivity contribution in [3.63, 3.8) is 0 Å². The Bertz CT molecular complexity index is 238. The van der Waals surface area contributed by atoms with Crippen molar-refractivity contribution in [3.05, 3.63) is 12.3 Å². The lowest BCUT2D eigenvalue weighted by Crippen LogP contribution is -2.51. The Kier molecular flexibility index (Phi) is 11.0. The summed E-state index contributed by atoms with van der Waals surface area (Å²) in [6.45, 7) is 19.3. The van der Waals surface area contributed by atoms with Crippen LogP contribution in [0.2, 0.25) is 45.3 Å². The molecule has 0 atom stereocenters. The van der Waals surface area contributed by atoms with Crippen LogP contribution in [0.4, 0.5) is 0 Å². The Morgan fingerprint density at radius 3 is 1.72 bits per heavy atom. The summed E-state index contributed by atoms with van der Waals surface area (Å²) >= 11 is 0. The average molecular weight is 309 g/mol. The molecule has 0 saturated carbocycles. The molecule has 0 N–H and O–H groups in total. The van der Waals surface area contributed by atoms with E-state index in [9.17, 15) is 0 Å². The molecule has 0 aliphatic carbocycles. The van der Waals surface area contributed by atoms with Gasteiger partial charge >= 0.3 is 8.56 Å². The Labute approximate surface area is 119 Å². The zero-order valence-corrected chi connectivity index (χ0v) is 15.0. The first-order valence-electron chi connectivity index (χ1n) is 6.07. The smallest absolute Gasteiger partial charge is 0.311 e. The fourth-order valence-corrected chi connectivity index (χ4v) is 14.9. The van der Waals surface area contributed by atoms with Crippen LogP contribution in [0.1, 0.15) is 28.2 Å². The van der Waals surface area contributed by atoms with Crippen molar-refractivity contribution < 1.29 is 8.23 Å². The molecule has 0 rings (SSSR count). The van der Waals surface area contributed by atoms with Gasteiger partial charge in [-0.25, -0.2) is 0 Å². The molecule has 5 heteroatoms. The molecule has 0 fully saturated rings. The van der Waals surface area contributed by atoms with Gasteiger partial charge in [0.1, 0.15) is 0 Å². The van der Waals surface area contributed by atoms with Gasteiger partial charge in [-0.05, 0) is 45.3 Å². The van der Waals surface area contributed by atoms with Crippen LogP contribution >= 0.6 is 0 Å². The van der Waals surface area contributed by atoms with Crippen molar-refractivity contribution in [1.29, 1.82) is 0 Å². The second-order valence-electron chi connectivity index (χ2n) is 5.92. The second kappa shape index (κ2) is 8.48. The third kappa shape index (κ3) is 10.3. The Morgan fingerprint density at radius 1 is 0.944 bits per heavy atom. The highest BCUT2D eigenvalue weighted by molar-refractivity contribution is 6.89. The molecule has 0 aromatic carbocycles. The summed E-state index contributed by atoms with van der Waals surface area (Å²) in [7, 11) is -5.22. The van der Waals surface area contributed by atoms with E-state index >= 15 is 0 Å². The monoisotopic (exact) mass is 308 g/mol. The highest BCUT2D eigenvalue weighted by Crippen LogP contribution is 2.23. The maximum absolute atomic E-state index is 6.35. The van der Waals surface area contributed by atoms with Crippen molar-refractivity contribution in [2.24, 2.45) is 0 Å². The quantitative estimate of drug-likeness (QED) is 0.575. The summed E-state index contributed by atoms with van der Waals surface area (Å²) in [6.07, 6.45) is 1.20. The normalized spacial score (nSPS) is 12.4. The highest BCUT2D eigenvalue weighted by atomic mass is 28.5. The lowest BCUT2D eigenvalue weighted by atomic mass is 10.6. The van der Waals surface area contributed by atoms with E-state index in [0.29, 0.717) is 0 Å². The minimum absolute atomic E-state index is 0. The van der Waals surface area contributed by atoms with Crippen molar-refractivity contribution >= 4 is 25.2 Å². The van der Waals surface area contributed by atoms with Crippen molar-refractivity contribution in [2.75, 3.05) is 0 Å². The van der Waals surface area contributed by atoms with Crippen LogP contribution in [0.5, 0.6) is 0 Å². The molecule has 0 saturated heterocycles. The predicted octanol–water partition coefficient (Wildman–Crippen LogP) is 5.54. The standard InChI is InChI=1S/C11H28O2Si3.2CH4/c1-9-11-15(5,6)13-16(7,8)12-14(3,4)10-2;;/h10H,2,9,11H2,1,3-8H3;2*1H4. The average Bonchev–Trinajstić information content (AvgIpc) is 1.99. The first-order chi connectivity index (χ1) is 7.04. The third-order valence-electron chi connectivity index (χ3n) is 2.37. The summed E-state index contributed by atoms with van der Waals surface area (Å²) < 4.78 is 12.6. The van der Waals surface area contributed by atoms with Gasteiger partial charge in [0.05, 0.1) is 0 Å². The van der Waals surface area contributed by atoms with Crippen LogP contribution in [-0.2, 0) is 8.23 Å². The molecule has 0 bridgehead atoms. The molecular weight excluding hydrogens is 272 g/mol. The van der Waals surface area contributed by atoms with Gasteiger partial charge in [0.25, 0.3) is 0 Å². The van der Waals surface area contributed by atoms with Gasteiger partial charge in [0.2, 0.25) is 0 Å². The van der Waals surface area contributed by atoms with E-state index in [4.69, 9.17) is 8.23 Å². The molecule has 0 heterocycles. The van der Waals surface area contributed by atoms with E-state index in [1.807, 2.05) is 5.70 Å². The van der Waals surface area contributed by atoms with Crippen LogP contribution < -0.4 is 0 Å². The molecule has 0 spiro atoms. The van der Waals surface area contributed by atoms with Crippen LogP contribution in [-0.4, -0.2) is 25.2 Å². The van der Waals surface area contributed by atoms with Gasteiger partial charge in [-0.15, -0.1) is 6.58 Å². The molecule has 0 unspecified atom stereocenters. The fourth-order valence-electron chi connectivity index (χ4n) is 2.01. The van der Waals surface area contributed by atoms with Gasteiger partial charge < -0.3 is 8.23 Å². The minimum atomic E-state index is -1.98. The molecular formula is C13H36O2Si3. The summed E-state index contributed by atoms with van der Waals surface area (Å²) in [5.41, 5.74) is 1.99. The Morgan fingerprint density at radius 2 is 1.39 bits per heavy atom. The SMILES string of the molecule is C.C.C=C[Si](C)(C)O[Si](C)(C)O[Si](C)(C)CCC. The zero-order valence-electron chi connectivity index (χ0n) is 12.0. The topological polar surface area (TPSA) is 18.5 Å². The lowest BCUT2D eigenvalue weighted by Gasteiger charge is -2.37. The van der Waals surface area contributed by atoms with Crippen LogP contribution in [0.25, 0.3) is 0 Å². The van der Waals surface area contributed by atoms with E-state index in [-0.39, 0.29) is 14.9 Å². The molecule has 0 aliphatic heterocycles. The summed E-state index contributed by atoms with van der Waals surface area (Å²) in [5.74, 6) is 0. The van der Waals surface area contributed by atoms with E-state index in [1.165, 1.54) is 12.5 Å². The highest BCUT2D eigenvalue weighted by Gasteiger charge is 2.38. The largest absolute Gasteiger partial charge is 0.437 e. The number of hydrogen-bond acceptors (Lipinski definition) is 2. The maximum Gasteiger partial charge on any atom is 0.311 e. The molecule has 112 valence electrons. The fraction of sp³-hybridized carbons (Fsp3) is 0.846. The minimum Gasteiger partial charge on any atom is -0.437 e. The van der Waals surface area contributed by atoms with Gasteiger partial charge in [-0.3, -0.25) is 0 Å². The lowest BCUT2D eigenvalue weighted by molar-refractivity contribution is 0.393. The number of rotatable bonds is 7. The van der Waals surface area contributed by atoms with E-state index in [0.717, 1.165) is 0 Å². The summed E-state index contributed by atoms with van der Waals surface area (Å²) in [4.78, 5) is 0. The second-order valence-corrected chi connectivity index (χ2v) is 18.0. The van der Waals surface area contributed by atoms with Crippen molar-refractivity contribution in [1.82, 2.24) is 0 Å². The molecule has 0 aromatic heterocycles. The molecule has 2 nitrogen and oxygen atoms in total. The van der Waals surface area contributed by atoms with Gasteiger partial charge in [0.15, 0.2) is 16.6 Å². The first-order valence-corrected chi connectivity index (χ1v) is 15.0. The maximum atomic E-state index is 6.35. The van der Waals surface area contributed by atoms with E-state index < -0.39 is 25.2 Å². The molecule has 0 radical (unpaired) electrons. The van der Waals surface area contributed by atoms with Crippen molar-refractivity contribution in [2.45, 2.75) is 73.5 Å². The van der Waals surface area contributed by atoms with Gasteiger partial charge in [-0.1, -0.05) is 33.9 Å². The predicted molar refractivity (Wildman–Crippen MR) is 93.4 cm³/mol. The summed E-state index contributed by atoms with van der Waals surface area (Å²) in [6, 6.07) is 1.21. The Balaban J connectivity index is -0.00000112. The van der Waals surface area contributed by atoms with Gasteiger partial charge in [-0.2, -0.15) is 0 Å². The van der Waals surface area contributed by atoms with Crippen LogP contribution in [0.3, 0.4) is 0 Å². The molecule has 0 aliphatic rings. The molecule has 0 aromatic rings.